The second-order valence-corrected chi connectivity index (χ2v) is 6.54. The molecule has 3 fully saturated rings. The molecule has 0 aliphatic carbocycles. The first-order valence-electron chi connectivity index (χ1n) is 7.05. The maximum atomic E-state index is 13.8. The van der Waals surface area contributed by atoms with Crippen molar-refractivity contribution >= 4 is 40.0 Å². The molecule has 7 heteroatoms. The van der Waals surface area contributed by atoms with E-state index in [9.17, 15) is 4.39 Å². The normalized spacial score (nSPS) is 28.2. The summed E-state index contributed by atoms with van der Waals surface area (Å²) in [6.07, 6.45) is 2.38. The van der Waals surface area contributed by atoms with Crippen LogP contribution in [0.2, 0.25) is 10.0 Å². The van der Waals surface area contributed by atoms with Gasteiger partial charge in [-0.05, 0) is 37.9 Å². The third kappa shape index (κ3) is 2.18. The summed E-state index contributed by atoms with van der Waals surface area (Å²) in [5.74, 6) is 0.616. The Morgan fingerprint density at radius 3 is 2.71 bits per heavy atom. The minimum Gasteiger partial charge on any atom is -0.362 e. The van der Waals surface area contributed by atoms with Crippen LogP contribution in [0.25, 0.3) is 11.0 Å². The van der Waals surface area contributed by atoms with Gasteiger partial charge in [-0.15, -0.1) is 0 Å². The van der Waals surface area contributed by atoms with E-state index in [0.717, 1.165) is 6.54 Å². The molecule has 0 radical (unpaired) electrons. The Morgan fingerprint density at radius 1 is 1.29 bits per heavy atom. The van der Waals surface area contributed by atoms with Crippen LogP contribution in [0.1, 0.15) is 12.8 Å². The van der Waals surface area contributed by atoms with Crippen molar-refractivity contribution in [3.05, 3.63) is 21.9 Å². The van der Waals surface area contributed by atoms with Crippen molar-refractivity contribution in [1.82, 2.24) is 10.1 Å². The van der Waals surface area contributed by atoms with Gasteiger partial charge >= 0.3 is 0 Å². The van der Waals surface area contributed by atoms with Crippen LogP contribution in [-0.2, 0) is 0 Å². The summed E-state index contributed by atoms with van der Waals surface area (Å²) >= 11 is 11.8. The van der Waals surface area contributed by atoms with Gasteiger partial charge in [0.15, 0.2) is 11.4 Å². The molecule has 2 aromatic rings. The summed E-state index contributed by atoms with van der Waals surface area (Å²) in [6.45, 7) is 3.32. The van der Waals surface area contributed by atoms with E-state index >= 15 is 0 Å². The fourth-order valence-electron chi connectivity index (χ4n) is 3.39. The minimum absolute atomic E-state index is 0.0705. The highest BCUT2D eigenvalue weighted by Crippen LogP contribution is 2.37. The Kier molecular flexibility index (Phi) is 3.24. The van der Waals surface area contributed by atoms with Crippen LogP contribution in [0, 0.1) is 11.7 Å². The van der Waals surface area contributed by atoms with Crippen molar-refractivity contribution in [1.29, 1.82) is 0 Å². The van der Waals surface area contributed by atoms with Crippen molar-refractivity contribution in [2.24, 2.45) is 5.92 Å². The number of halogens is 3. The second-order valence-electron chi connectivity index (χ2n) is 5.78. The lowest BCUT2D eigenvalue weighted by atomic mass is 9.84. The van der Waals surface area contributed by atoms with Gasteiger partial charge in [0.2, 0.25) is 0 Å². The molecule has 3 aliphatic heterocycles. The van der Waals surface area contributed by atoms with E-state index in [1.165, 1.54) is 32.0 Å². The number of piperidine rings is 3. The van der Waals surface area contributed by atoms with Gasteiger partial charge in [0.1, 0.15) is 10.8 Å². The third-order valence-electron chi connectivity index (χ3n) is 4.58. The number of benzene rings is 1. The van der Waals surface area contributed by atoms with Crippen LogP contribution in [0.3, 0.4) is 0 Å². The van der Waals surface area contributed by atoms with Crippen molar-refractivity contribution in [3.63, 3.8) is 0 Å². The monoisotopic (exact) mass is 329 g/mol. The topological polar surface area (TPSA) is 41.3 Å². The largest absolute Gasteiger partial charge is 0.362 e. The van der Waals surface area contributed by atoms with Gasteiger partial charge in [0, 0.05) is 12.6 Å². The maximum Gasteiger partial charge on any atom is 0.189 e. The Morgan fingerprint density at radius 2 is 2.05 bits per heavy atom. The van der Waals surface area contributed by atoms with Gasteiger partial charge in [0.05, 0.1) is 10.4 Å². The number of nitrogens with one attached hydrogen (secondary N) is 1. The van der Waals surface area contributed by atoms with E-state index in [4.69, 9.17) is 27.7 Å². The molecule has 3 aliphatic rings. The fraction of sp³-hybridized carbons (Fsp3) is 0.500. The molecule has 21 heavy (non-hydrogen) atoms. The van der Waals surface area contributed by atoms with E-state index in [-0.39, 0.29) is 10.0 Å². The Bertz CT molecular complexity index is 697. The highest BCUT2D eigenvalue weighted by molar-refractivity contribution is 6.45. The van der Waals surface area contributed by atoms with Crippen LogP contribution in [0.15, 0.2) is 10.6 Å². The van der Waals surface area contributed by atoms with Gasteiger partial charge in [-0.3, -0.25) is 0 Å². The zero-order valence-corrected chi connectivity index (χ0v) is 12.7. The van der Waals surface area contributed by atoms with Gasteiger partial charge in [-0.2, -0.15) is 0 Å². The summed E-state index contributed by atoms with van der Waals surface area (Å²) in [7, 11) is 0. The van der Waals surface area contributed by atoms with Crippen LogP contribution < -0.4 is 5.32 Å². The zero-order chi connectivity index (χ0) is 14.6. The third-order valence-corrected chi connectivity index (χ3v) is 5.41. The molecular formula is C14H14Cl2FN3O. The van der Waals surface area contributed by atoms with Crippen LogP contribution in [0.4, 0.5) is 10.2 Å². The lowest BCUT2D eigenvalue weighted by Crippen LogP contribution is -2.53. The molecule has 4 nitrogen and oxygen atoms in total. The standard InChI is InChI=1S/C14H14Cl2FN3O/c15-11-9(17)5-8-13(12(11)16)21-19-14(8)18-10-6-20-3-1-7(10)2-4-20/h5,7,10H,1-4,6H2,(H,18,19)/t10-/m0/s1. The number of fused-ring (bicyclic) bond motifs is 4. The predicted molar refractivity (Wildman–Crippen MR) is 80.6 cm³/mol. The SMILES string of the molecule is Fc1cc2c(N[C@H]3CN4CCC3CC4)noc2c(Cl)c1Cl. The van der Waals surface area contributed by atoms with Crippen LogP contribution in [-0.4, -0.2) is 35.7 Å². The van der Waals surface area contributed by atoms with Crippen molar-refractivity contribution < 1.29 is 8.91 Å². The van der Waals surface area contributed by atoms with E-state index < -0.39 is 5.82 Å². The number of hydrogen-bond donors (Lipinski definition) is 1. The number of aromatic nitrogens is 1. The van der Waals surface area contributed by atoms with Gasteiger partial charge < -0.3 is 14.7 Å². The summed E-state index contributed by atoms with van der Waals surface area (Å²) in [5.41, 5.74) is 0.326. The first kappa shape index (κ1) is 13.6. The molecule has 112 valence electrons. The fourth-order valence-corrected chi connectivity index (χ4v) is 3.76. The molecular weight excluding hydrogens is 316 g/mol. The number of nitrogens with zero attached hydrogens (tertiary/aromatic N) is 2. The smallest absolute Gasteiger partial charge is 0.189 e. The average Bonchev–Trinajstić information content (AvgIpc) is 2.89. The van der Waals surface area contributed by atoms with Crippen molar-refractivity contribution in [2.75, 3.05) is 25.0 Å². The number of anilines is 1. The molecule has 0 spiro atoms. The van der Waals surface area contributed by atoms with Gasteiger partial charge in [-0.25, -0.2) is 4.39 Å². The van der Waals surface area contributed by atoms with Crippen molar-refractivity contribution in [3.8, 4) is 0 Å². The molecule has 1 aromatic carbocycles. The average molecular weight is 330 g/mol. The Hall–Kier alpha value is -1.04. The highest BCUT2D eigenvalue weighted by atomic mass is 35.5. The highest BCUT2D eigenvalue weighted by Gasteiger charge is 2.34. The van der Waals surface area contributed by atoms with E-state index in [0.29, 0.717) is 28.7 Å². The molecule has 2 bridgehead atoms. The lowest BCUT2D eigenvalue weighted by molar-refractivity contribution is 0.0973. The first-order chi connectivity index (χ1) is 10.1. The molecule has 5 rings (SSSR count). The summed E-state index contributed by atoms with van der Waals surface area (Å²) in [5, 5.41) is 7.88. The van der Waals surface area contributed by atoms with Gasteiger partial charge in [-0.1, -0.05) is 28.4 Å². The molecule has 1 atom stereocenters. The molecule has 0 unspecified atom stereocenters. The number of rotatable bonds is 2. The predicted octanol–water partition coefficient (Wildman–Crippen LogP) is 3.78. The second kappa shape index (κ2) is 5.00. The quantitative estimate of drug-likeness (QED) is 0.851. The summed E-state index contributed by atoms with van der Waals surface area (Å²) < 4.78 is 19.0. The zero-order valence-electron chi connectivity index (χ0n) is 11.2. The van der Waals surface area contributed by atoms with E-state index in [1.807, 2.05) is 0 Å². The Balaban J connectivity index is 1.68. The molecule has 4 heterocycles. The summed E-state index contributed by atoms with van der Waals surface area (Å²) in [6, 6.07) is 1.64. The van der Waals surface area contributed by atoms with E-state index in [2.05, 4.69) is 15.4 Å². The maximum absolute atomic E-state index is 13.8. The first-order valence-corrected chi connectivity index (χ1v) is 7.81. The lowest BCUT2D eigenvalue weighted by Gasteiger charge is -2.44. The minimum atomic E-state index is -0.561. The van der Waals surface area contributed by atoms with E-state index in [1.54, 1.807) is 0 Å². The molecule has 0 amide bonds. The molecule has 3 saturated heterocycles. The Labute approximate surface area is 131 Å². The molecule has 1 aromatic heterocycles. The van der Waals surface area contributed by atoms with Crippen LogP contribution >= 0.6 is 23.2 Å². The van der Waals surface area contributed by atoms with Crippen molar-refractivity contribution in [2.45, 2.75) is 18.9 Å². The number of hydrogen-bond acceptors (Lipinski definition) is 4. The summed E-state index contributed by atoms with van der Waals surface area (Å²) in [4.78, 5) is 2.43. The van der Waals surface area contributed by atoms with Gasteiger partial charge in [0.25, 0.3) is 0 Å². The molecule has 1 N–H and O–H groups in total. The van der Waals surface area contributed by atoms with Crippen LogP contribution in [0.5, 0.6) is 0 Å². The molecule has 0 saturated carbocycles.